The van der Waals surface area contributed by atoms with Gasteiger partial charge in [0.05, 0.1) is 0 Å². The highest BCUT2D eigenvalue weighted by atomic mass is 32.2. The molecule has 1 aliphatic heterocycles. The second-order valence-electron chi connectivity index (χ2n) is 2.62. The fourth-order valence-corrected chi connectivity index (χ4v) is 2.61. The van der Waals surface area contributed by atoms with Crippen molar-refractivity contribution in [1.29, 1.82) is 0 Å². The van der Waals surface area contributed by atoms with Gasteiger partial charge in [-0.2, -0.15) is 11.8 Å². The van der Waals surface area contributed by atoms with E-state index in [1.54, 1.807) is 0 Å². The van der Waals surface area contributed by atoms with E-state index in [2.05, 4.69) is 18.7 Å². The molecule has 0 aromatic carbocycles. The van der Waals surface area contributed by atoms with E-state index < -0.39 is 0 Å². The summed E-state index contributed by atoms with van der Waals surface area (Å²) in [5.41, 5.74) is 5.86. The number of thioether (sulfide) groups is 1. The van der Waals surface area contributed by atoms with E-state index in [9.17, 15) is 0 Å². The molecule has 0 saturated carbocycles. The summed E-state index contributed by atoms with van der Waals surface area (Å²) in [6.07, 6.45) is 3.86. The van der Waals surface area contributed by atoms with Crippen LogP contribution in [0.2, 0.25) is 0 Å². The molecule has 1 unspecified atom stereocenters. The standard InChI is InChI=1S/C7H15NS/c1-2-6(8)7-4-3-5-9-7/h6-7H,2-5,8H2,1H3/t6-,7?/m1/s1. The van der Waals surface area contributed by atoms with Gasteiger partial charge in [-0.3, -0.25) is 0 Å². The lowest BCUT2D eigenvalue weighted by Crippen LogP contribution is -2.29. The van der Waals surface area contributed by atoms with E-state index in [0.29, 0.717) is 6.04 Å². The molecule has 1 heterocycles. The zero-order chi connectivity index (χ0) is 6.69. The molecule has 1 fully saturated rings. The van der Waals surface area contributed by atoms with Crippen molar-refractivity contribution >= 4 is 11.8 Å². The average Bonchev–Trinajstić information content (AvgIpc) is 2.37. The van der Waals surface area contributed by atoms with Crippen LogP contribution in [0.4, 0.5) is 0 Å². The third-order valence-electron chi connectivity index (χ3n) is 1.91. The Kier molecular flexibility index (Phi) is 2.86. The normalized spacial score (nSPS) is 30.7. The van der Waals surface area contributed by atoms with Crippen LogP contribution in [0.25, 0.3) is 0 Å². The van der Waals surface area contributed by atoms with Gasteiger partial charge in [-0.25, -0.2) is 0 Å². The van der Waals surface area contributed by atoms with Crippen LogP contribution >= 0.6 is 11.8 Å². The minimum absolute atomic E-state index is 0.456. The highest BCUT2D eigenvalue weighted by Crippen LogP contribution is 2.28. The molecule has 0 amide bonds. The van der Waals surface area contributed by atoms with Gasteiger partial charge in [0.2, 0.25) is 0 Å². The van der Waals surface area contributed by atoms with Crippen molar-refractivity contribution in [1.82, 2.24) is 0 Å². The van der Waals surface area contributed by atoms with Gasteiger partial charge in [0.15, 0.2) is 0 Å². The Morgan fingerprint density at radius 1 is 1.78 bits per heavy atom. The van der Waals surface area contributed by atoms with Crippen molar-refractivity contribution in [2.24, 2.45) is 5.73 Å². The first kappa shape index (κ1) is 7.42. The Balaban J connectivity index is 2.24. The highest BCUT2D eigenvalue weighted by Gasteiger charge is 2.20. The molecule has 0 radical (unpaired) electrons. The monoisotopic (exact) mass is 145 g/mol. The third-order valence-corrected chi connectivity index (χ3v) is 3.45. The highest BCUT2D eigenvalue weighted by molar-refractivity contribution is 8.00. The largest absolute Gasteiger partial charge is 0.327 e. The molecular weight excluding hydrogens is 130 g/mol. The van der Waals surface area contributed by atoms with E-state index in [-0.39, 0.29) is 0 Å². The fourth-order valence-electron chi connectivity index (χ4n) is 1.20. The topological polar surface area (TPSA) is 26.0 Å². The van der Waals surface area contributed by atoms with Gasteiger partial charge in [-0.15, -0.1) is 0 Å². The van der Waals surface area contributed by atoms with Crippen molar-refractivity contribution in [2.45, 2.75) is 37.5 Å². The molecule has 0 aromatic rings. The molecule has 54 valence electrons. The molecule has 1 aliphatic rings. The minimum Gasteiger partial charge on any atom is -0.327 e. The summed E-state index contributed by atoms with van der Waals surface area (Å²) in [7, 11) is 0. The van der Waals surface area contributed by atoms with Crippen LogP contribution in [0.5, 0.6) is 0 Å². The van der Waals surface area contributed by atoms with Crippen molar-refractivity contribution in [3.63, 3.8) is 0 Å². The van der Waals surface area contributed by atoms with Crippen molar-refractivity contribution in [3.8, 4) is 0 Å². The Morgan fingerprint density at radius 2 is 2.56 bits per heavy atom. The maximum Gasteiger partial charge on any atom is 0.0199 e. The van der Waals surface area contributed by atoms with E-state index in [4.69, 9.17) is 5.73 Å². The Morgan fingerprint density at radius 3 is 3.00 bits per heavy atom. The van der Waals surface area contributed by atoms with Crippen LogP contribution in [0, 0.1) is 0 Å². The molecule has 2 N–H and O–H groups in total. The summed E-state index contributed by atoms with van der Waals surface area (Å²) in [5.74, 6) is 1.33. The maximum atomic E-state index is 5.86. The molecule has 0 aliphatic carbocycles. The Bertz CT molecular complexity index is 79.0. The summed E-state index contributed by atoms with van der Waals surface area (Å²) < 4.78 is 0. The number of nitrogens with two attached hydrogens (primary N) is 1. The molecule has 1 rings (SSSR count). The summed E-state index contributed by atoms with van der Waals surface area (Å²) in [5, 5.41) is 0.773. The predicted molar refractivity (Wildman–Crippen MR) is 43.7 cm³/mol. The van der Waals surface area contributed by atoms with Crippen molar-refractivity contribution in [3.05, 3.63) is 0 Å². The summed E-state index contributed by atoms with van der Waals surface area (Å²) in [4.78, 5) is 0. The first-order valence-electron chi connectivity index (χ1n) is 3.71. The van der Waals surface area contributed by atoms with Gasteiger partial charge >= 0.3 is 0 Å². The van der Waals surface area contributed by atoms with Gasteiger partial charge in [-0.05, 0) is 25.0 Å². The van der Waals surface area contributed by atoms with Gasteiger partial charge in [0.25, 0.3) is 0 Å². The van der Waals surface area contributed by atoms with Crippen LogP contribution in [-0.2, 0) is 0 Å². The smallest absolute Gasteiger partial charge is 0.0199 e. The molecule has 9 heavy (non-hydrogen) atoms. The van der Waals surface area contributed by atoms with Crippen LogP contribution in [0.3, 0.4) is 0 Å². The SMILES string of the molecule is CC[C@@H](N)C1CCCS1. The number of hydrogen-bond acceptors (Lipinski definition) is 2. The lowest BCUT2D eigenvalue weighted by Gasteiger charge is -2.14. The summed E-state index contributed by atoms with van der Waals surface area (Å²) in [6.45, 7) is 2.17. The molecule has 1 saturated heterocycles. The molecule has 0 spiro atoms. The molecule has 1 nitrogen and oxygen atoms in total. The molecule has 2 atom stereocenters. The van der Waals surface area contributed by atoms with E-state index in [1.165, 1.54) is 18.6 Å². The van der Waals surface area contributed by atoms with Crippen LogP contribution < -0.4 is 5.73 Å². The lowest BCUT2D eigenvalue weighted by atomic mass is 10.1. The average molecular weight is 145 g/mol. The zero-order valence-electron chi connectivity index (χ0n) is 5.97. The minimum atomic E-state index is 0.456. The van der Waals surface area contributed by atoms with Crippen LogP contribution in [-0.4, -0.2) is 17.0 Å². The zero-order valence-corrected chi connectivity index (χ0v) is 6.79. The van der Waals surface area contributed by atoms with E-state index in [0.717, 1.165) is 11.7 Å². The maximum absolute atomic E-state index is 5.86. The molecular formula is C7H15NS. The molecule has 0 bridgehead atoms. The predicted octanol–water partition coefficient (Wildman–Crippen LogP) is 1.62. The first-order valence-corrected chi connectivity index (χ1v) is 4.76. The van der Waals surface area contributed by atoms with Crippen LogP contribution in [0.1, 0.15) is 26.2 Å². The van der Waals surface area contributed by atoms with Crippen molar-refractivity contribution < 1.29 is 0 Å². The quantitative estimate of drug-likeness (QED) is 0.639. The first-order chi connectivity index (χ1) is 4.34. The lowest BCUT2D eigenvalue weighted by molar-refractivity contribution is 0.596. The van der Waals surface area contributed by atoms with Crippen LogP contribution in [0.15, 0.2) is 0 Å². The fraction of sp³-hybridized carbons (Fsp3) is 1.00. The summed E-state index contributed by atoms with van der Waals surface area (Å²) >= 11 is 2.05. The van der Waals surface area contributed by atoms with Gasteiger partial charge in [-0.1, -0.05) is 6.92 Å². The number of rotatable bonds is 2. The van der Waals surface area contributed by atoms with Gasteiger partial charge in [0, 0.05) is 11.3 Å². The molecule has 2 heteroatoms. The summed E-state index contributed by atoms with van der Waals surface area (Å²) in [6, 6.07) is 0.456. The van der Waals surface area contributed by atoms with E-state index in [1.807, 2.05) is 0 Å². The van der Waals surface area contributed by atoms with E-state index >= 15 is 0 Å². The Hall–Kier alpha value is 0.310. The Labute approximate surface area is 61.4 Å². The number of hydrogen-bond donors (Lipinski definition) is 1. The van der Waals surface area contributed by atoms with Crippen molar-refractivity contribution in [2.75, 3.05) is 5.75 Å². The second kappa shape index (κ2) is 3.47. The molecule has 0 aromatic heterocycles. The third kappa shape index (κ3) is 1.87. The van der Waals surface area contributed by atoms with Gasteiger partial charge in [0.1, 0.15) is 0 Å². The van der Waals surface area contributed by atoms with Gasteiger partial charge < -0.3 is 5.73 Å². The second-order valence-corrected chi connectivity index (χ2v) is 3.97.